The van der Waals surface area contributed by atoms with Gasteiger partial charge in [-0.1, -0.05) is 58.0 Å². The van der Waals surface area contributed by atoms with Crippen LogP contribution in [0.2, 0.25) is 25.1 Å². The molecule has 0 N–H and O–H groups in total. The molecule has 140 valence electrons. The third-order valence-electron chi connectivity index (χ3n) is 3.02. The molecule has 0 saturated carbocycles. The van der Waals surface area contributed by atoms with E-state index in [1.165, 1.54) is 18.2 Å². The van der Waals surface area contributed by atoms with E-state index < -0.39 is 12.1 Å². The van der Waals surface area contributed by atoms with Gasteiger partial charge in [0.25, 0.3) is 0 Å². The van der Waals surface area contributed by atoms with Crippen LogP contribution in [-0.4, -0.2) is 25.3 Å². The van der Waals surface area contributed by atoms with Gasteiger partial charge in [0.1, 0.15) is 24.2 Å². The molecule has 0 amide bonds. The predicted molar refractivity (Wildman–Crippen MR) is 104 cm³/mol. The maximum absolute atomic E-state index is 11.8. The van der Waals surface area contributed by atoms with Crippen LogP contribution < -0.4 is 9.47 Å². The van der Waals surface area contributed by atoms with Gasteiger partial charge in [0.05, 0.1) is 20.1 Å². The van der Waals surface area contributed by atoms with Crippen molar-refractivity contribution in [2.24, 2.45) is 0 Å². The van der Waals surface area contributed by atoms with E-state index in [2.05, 4.69) is 0 Å². The number of hydrogen-bond donors (Lipinski definition) is 0. The normalized spacial score (nSPS) is 11.8. The second kappa shape index (κ2) is 9.77. The maximum atomic E-state index is 11.8. The summed E-state index contributed by atoms with van der Waals surface area (Å²) in [6.07, 6.45) is -0.544. The molecule has 0 aliphatic carbocycles. The van der Waals surface area contributed by atoms with Gasteiger partial charge in [-0.15, -0.1) is 0 Å². The average molecular weight is 459 g/mol. The molecule has 0 aliphatic rings. The SMILES string of the molecule is C[C@H](COc1cc(Cl)c(Cl)cc1Cl)OC(=O)COc1ccc(Cl)cc1Cl. The zero-order chi connectivity index (χ0) is 19.3. The topological polar surface area (TPSA) is 44.8 Å². The molecule has 0 saturated heterocycles. The fraction of sp³-hybridized carbons (Fsp3) is 0.235. The second-order valence-electron chi connectivity index (χ2n) is 5.17. The summed E-state index contributed by atoms with van der Waals surface area (Å²) in [6, 6.07) is 7.65. The van der Waals surface area contributed by atoms with Crippen LogP contribution >= 0.6 is 58.0 Å². The Morgan fingerprint density at radius 2 is 1.54 bits per heavy atom. The quantitative estimate of drug-likeness (QED) is 0.359. The first-order chi connectivity index (χ1) is 12.3. The number of esters is 1. The van der Waals surface area contributed by atoms with E-state index >= 15 is 0 Å². The van der Waals surface area contributed by atoms with Crippen molar-refractivity contribution in [2.45, 2.75) is 13.0 Å². The van der Waals surface area contributed by atoms with Gasteiger partial charge in [0, 0.05) is 11.1 Å². The second-order valence-corrected chi connectivity index (χ2v) is 7.24. The van der Waals surface area contributed by atoms with Crippen LogP contribution in [0.1, 0.15) is 6.92 Å². The van der Waals surface area contributed by atoms with Gasteiger partial charge < -0.3 is 14.2 Å². The van der Waals surface area contributed by atoms with Gasteiger partial charge in [-0.25, -0.2) is 4.79 Å². The van der Waals surface area contributed by atoms with Crippen molar-refractivity contribution in [3.8, 4) is 11.5 Å². The average Bonchev–Trinajstić information content (AvgIpc) is 2.56. The Morgan fingerprint density at radius 3 is 2.23 bits per heavy atom. The summed E-state index contributed by atoms with van der Waals surface area (Å²) in [5.74, 6) is 0.0972. The largest absolute Gasteiger partial charge is 0.488 e. The zero-order valence-electron chi connectivity index (χ0n) is 13.4. The van der Waals surface area contributed by atoms with Gasteiger partial charge >= 0.3 is 5.97 Å². The number of carbonyl (C=O) groups is 1. The predicted octanol–water partition coefficient (Wildman–Crippen LogP) is 6.34. The molecule has 0 heterocycles. The Bertz CT molecular complexity index is 797. The smallest absolute Gasteiger partial charge is 0.344 e. The summed E-state index contributed by atoms with van der Waals surface area (Å²) in [5, 5.41) is 1.71. The molecular formula is C17H13Cl5O4. The molecule has 2 aromatic carbocycles. The van der Waals surface area contributed by atoms with Crippen molar-refractivity contribution >= 4 is 64.0 Å². The fourth-order valence-electron chi connectivity index (χ4n) is 1.84. The Morgan fingerprint density at radius 1 is 0.885 bits per heavy atom. The van der Waals surface area contributed by atoms with E-state index in [9.17, 15) is 4.79 Å². The number of benzene rings is 2. The third kappa shape index (κ3) is 6.29. The van der Waals surface area contributed by atoms with Gasteiger partial charge in [-0.05, 0) is 31.2 Å². The molecule has 0 aliphatic heterocycles. The highest BCUT2D eigenvalue weighted by Gasteiger charge is 2.14. The van der Waals surface area contributed by atoms with Crippen molar-refractivity contribution in [1.29, 1.82) is 0 Å². The molecule has 0 unspecified atom stereocenters. The molecule has 0 fully saturated rings. The Kier molecular flexibility index (Phi) is 7.99. The molecule has 0 bridgehead atoms. The van der Waals surface area contributed by atoms with E-state index in [1.807, 2.05) is 0 Å². The third-order valence-corrected chi connectivity index (χ3v) is 4.57. The minimum absolute atomic E-state index is 0.0745. The van der Waals surface area contributed by atoms with Crippen molar-refractivity contribution in [2.75, 3.05) is 13.2 Å². The van der Waals surface area contributed by atoms with Crippen LogP contribution in [0.4, 0.5) is 0 Å². The van der Waals surface area contributed by atoms with Crippen LogP contribution in [0.25, 0.3) is 0 Å². The van der Waals surface area contributed by atoms with E-state index in [0.717, 1.165) is 0 Å². The molecule has 26 heavy (non-hydrogen) atoms. The first kappa shape index (κ1) is 21.3. The maximum Gasteiger partial charge on any atom is 0.344 e. The van der Waals surface area contributed by atoms with E-state index in [4.69, 9.17) is 72.2 Å². The Labute approximate surface area is 175 Å². The van der Waals surface area contributed by atoms with Gasteiger partial charge in [-0.3, -0.25) is 0 Å². The van der Waals surface area contributed by atoms with Crippen molar-refractivity contribution in [1.82, 2.24) is 0 Å². The van der Waals surface area contributed by atoms with Crippen LogP contribution in [0.15, 0.2) is 30.3 Å². The monoisotopic (exact) mass is 456 g/mol. The zero-order valence-corrected chi connectivity index (χ0v) is 17.2. The molecule has 4 nitrogen and oxygen atoms in total. The highest BCUT2D eigenvalue weighted by molar-refractivity contribution is 6.43. The lowest BCUT2D eigenvalue weighted by Gasteiger charge is -2.16. The molecule has 0 spiro atoms. The molecule has 2 rings (SSSR count). The first-order valence-corrected chi connectivity index (χ1v) is 9.20. The highest BCUT2D eigenvalue weighted by Crippen LogP contribution is 2.34. The van der Waals surface area contributed by atoms with Crippen molar-refractivity contribution < 1.29 is 19.0 Å². The minimum Gasteiger partial charge on any atom is -0.488 e. The number of rotatable bonds is 7. The van der Waals surface area contributed by atoms with Crippen LogP contribution in [0.5, 0.6) is 11.5 Å². The Hall–Kier alpha value is -1.04. The number of carbonyl (C=O) groups excluding carboxylic acids is 1. The number of halogens is 5. The van der Waals surface area contributed by atoms with Crippen molar-refractivity contribution in [3.63, 3.8) is 0 Å². The molecule has 1 atom stereocenters. The van der Waals surface area contributed by atoms with E-state index in [0.29, 0.717) is 36.6 Å². The fourth-order valence-corrected chi connectivity index (χ4v) is 2.90. The molecule has 9 heteroatoms. The lowest BCUT2D eigenvalue weighted by molar-refractivity contribution is -0.151. The molecule has 0 aromatic heterocycles. The van der Waals surface area contributed by atoms with Gasteiger partial charge in [0.2, 0.25) is 0 Å². The summed E-state index contributed by atoms with van der Waals surface area (Å²) >= 11 is 29.5. The number of hydrogen-bond acceptors (Lipinski definition) is 4. The van der Waals surface area contributed by atoms with E-state index in [1.54, 1.807) is 19.1 Å². The highest BCUT2D eigenvalue weighted by atomic mass is 35.5. The molecule has 0 radical (unpaired) electrons. The standard InChI is InChI=1S/C17H13Cl5O4/c1-9(7-24-16-6-12(20)11(19)5-14(16)22)26-17(23)8-25-15-3-2-10(18)4-13(15)21/h2-6,9H,7-8H2,1H3/t9-/m1/s1. The summed E-state index contributed by atoms with van der Waals surface area (Å²) < 4.78 is 16.0. The number of ether oxygens (including phenoxy) is 3. The Balaban J connectivity index is 1.81. The van der Waals surface area contributed by atoms with Gasteiger partial charge in [-0.2, -0.15) is 0 Å². The van der Waals surface area contributed by atoms with Crippen molar-refractivity contribution in [3.05, 3.63) is 55.4 Å². The van der Waals surface area contributed by atoms with Crippen LogP contribution in [0, 0.1) is 0 Å². The summed E-state index contributed by atoms with van der Waals surface area (Å²) in [5.41, 5.74) is 0. The summed E-state index contributed by atoms with van der Waals surface area (Å²) in [7, 11) is 0. The van der Waals surface area contributed by atoms with Crippen LogP contribution in [0.3, 0.4) is 0 Å². The van der Waals surface area contributed by atoms with Gasteiger partial charge in [0.15, 0.2) is 6.61 Å². The lowest BCUT2D eigenvalue weighted by Crippen LogP contribution is -2.25. The minimum atomic E-state index is -0.577. The molecular weight excluding hydrogens is 445 g/mol. The first-order valence-electron chi connectivity index (χ1n) is 7.31. The molecule has 2 aromatic rings. The summed E-state index contributed by atoms with van der Waals surface area (Å²) in [6.45, 7) is 1.43. The summed E-state index contributed by atoms with van der Waals surface area (Å²) in [4.78, 5) is 11.8. The van der Waals surface area contributed by atoms with Crippen LogP contribution in [-0.2, 0) is 9.53 Å². The van der Waals surface area contributed by atoms with E-state index in [-0.39, 0.29) is 13.2 Å². The lowest BCUT2D eigenvalue weighted by atomic mass is 10.3.